The van der Waals surface area contributed by atoms with Crippen molar-refractivity contribution in [2.75, 3.05) is 41.7 Å². The van der Waals surface area contributed by atoms with Gasteiger partial charge in [-0.3, -0.25) is 14.4 Å². The van der Waals surface area contributed by atoms with Crippen molar-refractivity contribution in [1.82, 2.24) is 15.5 Å². The number of benzene rings is 3. The van der Waals surface area contributed by atoms with Gasteiger partial charge >= 0.3 is 18.2 Å². The molecule has 0 aromatic heterocycles. The zero-order valence-corrected chi connectivity index (χ0v) is 38.7. The van der Waals surface area contributed by atoms with Crippen LogP contribution in [-0.2, 0) is 35.1 Å². The average molecular weight is 916 g/mol. The van der Waals surface area contributed by atoms with Gasteiger partial charge in [0.05, 0.1) is 39.4 Å². The summed E-state index contributed by atoms with van der Waals surface area (Å²) in [5.74, 6) is -2.46. The number of carbonyl (C=O) groups is 4. The fourth-order valence-electron chi connectivity index (χ4n) is 8.00. The number of aliphatic carboxylic acids is 1. The normalized spacial score (nSPS) is 13.9. The predicted octanol–water partition coefficient (Wildman–Crippen LogP) is 8.48. The van der Waals surface area contributed by atoms with E-state index in [4.69, 9.17) is 33.5 Å². The van der Waals surface area contributed by atoms with Crippen molar-refractivity contribution in [2.45, 2.75) is 116 Å². The summed E-state index contributed by atoms with van der Waals surface area (Å²) in [6.45, 7) is 8.46. The molecule has 0 radical (unpaired) electrons. The first-order valence-electron chi connectivity index (χ1n) is 21.6. The van der Waals surface area contributed by atoms with E-state index >= 15 is 4.79 Å². The lowest BCUT2D eigenvalue weighted by atomic mass is 9.86. The van der Waals surface area contributed by atoms with E-state index in [1.165, 1.54) is 40.6 Å². The SMILES string of the molecule is COc1cc(OCCCCC(=O)O)cc(OC)c1CN(C(=O)[C@H](CC(C)C)NC(=O)[C@@H](NC(=O)OCC1c2ccccc2-c2ccccc21)C(C)(C)C)[C@@H](CC(OC)OC)CC(F)(F)F. The van der Waals surface area contributed by atoms with E-state index in [-0.39, 0.29) is 60.7 Å². The molecule has 1 aliphatic rings. The molecular formula is C48H64F3N3O11. The molecule has 0 saturated carbocycles. The van der Waals surface area contributed by atoms with Crippen LogP contribution in [0.15, 0.2) is 60.7 Å². The number of carboxylic acid groups (broad SMARTS) is 1. The third-order valence-electron chi connectivity index (χ3n) is 11.2. The monoisotopic (exact) mass is 915 g/mol. The topological polar surface area (TPSA) is 171 Å². The third kappa shape index (κ3) is 14.7. The number of alkyl halides is 3. The van der Waals surface area contributed by atoms with E-state index in [2.05, 4.69) is 10.6 Å². The Hall–Kier alpha value is -5.55. The number of nitrogens with one attached hydrogen (secondary N) is 2. The van der Waals surface area contributed by atoms with Crippen molar-refractivity contribution in [2.24, 2.45) is 11.3 Å². The second-order valence-corrected chi connectivity index (χ2v) is 17.5. The maximum atomic E-state index is 15.1. The Kier molecular flexibility index (Phi) is 18.9. The number of unbranched alkanes of at least 4 members (excludes halogenated alkanes) is 1. The molecule has 65 heavy (non-hydrogen) atoms. The molecule has 1 aliphatic carbocycles. The van der Waals surface area contributed by atoms with Crippen LogP contribution >= 0.6 is 0 Å². The van der Waals surface area contributed by atoms with Crippen LogP contribution < -0.4 is 24.8 Å². The van der Waals surface area contributed by atoms with Crippen LogP contribution in [0.2, 0.25) is 0 Å². The molecule has 4 rings (SSSR count). The number of carboxylic acids is 1. The van der Waals surface area contributed by atoms with Crippen LogP contribution in [0.5, 0.6) is 17.2 Å². The number of hydrogen-bond donors (Lipinski definition) is 3. The molecule has 3 aromatic carbocycles. The van der Waals surface area contributed by atoms with Crippen LogP contribution in [0, 0.1) is 11.3 Å². The maximum Gasteiger partial charge on any atom is 0.407 e. The Labute approximate surface area is 379 Å². The zero-order chi connectivity index (χ0) is 48.1. The van der Waals surface area contributed by atoms with Crippen molar-refractivity contribution in [3.8, 4) is 28.4 Å². The average Bonchev–Trinajstić information content (AvgIpc) is 3.56. The van der Waals surface area contributed by atoms with E-state index in [9.17, 15) is 27.6 Å². The summed E-state index contributed by atoms with van der Waals surface area (Å²) >= 11 is 0. The van der Waals surface area contributed by atoms with E-state index in [0.29, 0.717) is 12.8 Å². The van der Waals surface area contributed by atoms with Gasteiger partial charge in [-0.05, 0) is 52.8 Å². The zero-order valence-electron chi connectivity index (χ0n) is 38.7. The fourth-order valence-corrected chi connectivity index (χ4v) is 8.00. The molecule has 3 atom stereocenters. The summed E-state index contributed by atoms with van der Waals surface area (Å²) in [6.07, 6.45) is -7.85. The van der Waals surface area contributed by atoms with Crippen LogP contribution in [0.25, 0.3) is 11.1 Å². The highest BCUT2D eigenvalue weighted by Crippen LogP contribution is 2.44. The van der Waals surface area contributed by atoms with Gasteiger partial charge in [0.2, 0.25) is 11.8 Å². The summed E-state index contributed by atoms with van der Waals surface area (Å²) in [6, 6.07) is 14.5. The van der Waals surface area contributed by atoms with Crippen molar-refractivity contribution in [1.29, 1.82) is 0 Å². The molecule has 0 saturated heterocycles. The van der Waals surface area contributed by atoms with Crippen LogP contribution in [-0.4, -0.2) is 106 Å². The molecular weight excluding hydrogens is 852 g/mol. The number of alkyl carbamates (subject to hydrolysis) is 1. The lowest BCUT2D eigenvalue weighted by Gasteiger charge is -2.38. The summed E-state index contributed by atoms with van der Waals surface area (Å²) in [5.41, 5.74) is 3.37. The van der Waals surface area contributed by atoms with Crippen molar-refractivity contribution in [3.05, 3.63) is 77.4 Å². The summed E-state index contributed by atoms with van der Waals surface area (Å²) in [5, 5.41) is 14.5. The van der Waals surface area contributed by atoms with Gasteiger partial charge in [0, 0.05) is 51.2 Å². The number of carbonyl (C=O) groups excluding carboxylic acids is 3. The Morgan fingerprint density at radius 2 is 1.38 bits per heavy atom. The molecule has 0 unspecified atom stereocenters. The smallest absolute Gasteiger partial charge is 0.407 e. The van der Waals surface area contributed by atoms with Crippen molar-refractivity contribution < 1.29 is 65.9 Å². The molecule has 358 valence electrons. The minimum atomic E-state index is -4.76. The van der Waals surface area contributed by atoms with E-state index in [0.717, 1.165) is 27.2 Å². The van der Waals surface area contributed by atoms with Gasteiger partial charge in [-0.1, -0.05) is 83.1 Å². The van der Waals surface area contributed by atoms with E-state index < -0.39 is 79.3 Å². The second kappa shape index (κ2) is 23.6. The minimum absolute atomic E-state index is 0.0148. The van der Waals surface area contributed by atoms with Gasteiger partial charge in [0.15, 0.2) is 6.29 Å². The molecule has 3 aromatic rings. The van der Waals surface area contributed by atoms with Gasteiger partial charge in [-0.2, -0.15) is 13.2 Å². The Morgan fingerprint density at radius 3 is 1.88 bits per heavy atom. The van der Waals surface area contributed by atoms with Gasteiger partial charge in [-0.25, -0.2) is 4.79 Å². The van der Waals surface area contributed by atoms with Crippen LogP contribution in [0.1, 0.15) is 95.8 Å². The lowest BCUT2D eigenvalue weighted by Crippen LogP contribution is -2.59. The summed E-state index contributed by atoms with van der Waals surface area (Å²) in [7, 11) is 5.24. The number of halogens is 3. The highest BCUT2D eigenvalue weighted by atomic mass is 19.4. The predicted molar refractivity (Wildman–Crippen MR) is 237 cm³/mol. The van der Waals surface area contributed by atoms with Crippen molar-refractivity contribution >= 4 is 23.9 Å². The standard InChI is InChI=1S/C48H64F3N3O11/c1-29(2)22-38(52-44(57)43(47(3,4)5)53-46(59)65-28-37-34-18-12-10-16-32(34)33-17-11-13-19-35(33)37)45(58)54(30(26-48(49,50)51)23-42(62-8)63-9)27-36-39(60-6)24-31(25-40(36)61-7)64-21-15-14-20-41(55)56/h10-13,16-19,24-25,29-30,37-38,42-43H,14-15,20-23,26-28H2,1-9H3,(H,52,57)(H,53,59)(H,55,56)/t30-,38-,43+/m0/s1. The number of methoxy groups -OCH3 is 4. The molecule has 17 heteroatoms. The van der Waals surface area contributed by atoms with E-state index in [1.54, 1.807) is 34.6 Å². The molecule has 0 aliphatic heterocycles. The van der Waals surface area contributed by atoms with Crippen LogP contribution in [0.3, 0.4) is 0 Å². The summed E-state index contributed by atoms with van der Waals surface area (Å²) in [4.78, 5) is 55.0. The van der Waals surface area contributed by atoms with Crippen molar-refractivity contribution in [3.63, 3.8) is 0 Å². The molecule has 0 fully saturated rings. The first kappa shape index (κ1) is 52.1. The second-order valence-electron chi connectivity index (χ2n) is 17.5. The number of hydrogen-bond acceptors (Lipinski definition) is 10. The number of rotatable bonds is 24. The third-order valence-corrected chi connectivity index (χ3v) is 11.2. The number of nitrogens with zero attached hydrogens (tertiary/aromatic N) is 1. The molecule has 0 heterocycles. The maximum absolute atomic E-state index is 15.1. The number of ether oxygens (including phenoxy) is 6. The fraction of sp³-hybridized carbons (Fsp3) is 0.542. The first-order valence-corrected chi connectivity index (χ1v) is 21.6. The molecule has 0 spiro atoms. The largest absolute Gasteiger partial charge is 0.496 e. The van der Waals surface area contributed by atoms with Crippen LogP contribution in [0.4, 0.5) is 18.0 Å². The highest BCUT2D eigenvalue weighted by Gasteiger charge is 2.42. The molecule has 0 bridgehead atoms. The summed E-state index contributed by atoms with van der Waals surface area (Å²) < 4.78 is 77.3. The van der Waals surface area contributed by atoms with Gasteiger partial charge in [0.1, 0.15) is 35.9 Å². The lowest BCUT2D eigenvalue weighted by molar-refractivity contribution is -0.170. The minimum Gasteiger partial charge on any atom is -0.496 e. The Bertz CT molecular complexity index is 2000. The quantitative estimate of drug-likeness (QED) is 0.0582. The molecule has 3 amide bonds. The Morgan fingerprint density at radius 1 is 0.815 bits per heavy atom. The van der Waals surface area contributed by atoms with Gasteiger partial charge < -0.3 is 49.1 Å². The Balaban J connectivity index is 1.67. The highest BCUT2D eigenvalue weighted by molar-refractivity contribution is 5.92. The van der Waals surface area contributed by atoms with Gasteiger partial charge in [0.25, 0.3) is 0 Å². The first-order chi connectivity index (χ1) is 30.7. The molecule has 3 N–H and O–H groups in total. The van der Waals surface area contributed by atoms with E-state index in [1.807, 2.05) is 48.5 Å². The van der Waals surface area contributed by atoms with Gasteiger partial charge in [-0.15, -0.1) is 0 Å². The number of fused-ring (bicyclic) bond motifs is 3. The molecule has 14 nitrogen and oxygen atoms in total. The number of amides is 3.